The lowest BCUT2D eigenvalue weighted by molar-refractivity contribution is 0.0595. The third-order valence-corrected chi connectivity index (χ3v) is 2.77. The maximum atomic E-state index is 9.53. The normalized spacial score (nSPS) is 13.1. The summed E-state index contributed by atoms with van der Waals surface area (Å²) < 4.78 is 4.89. The highest BCUT2D eigenvalue weighted by Crippen LogP contribution is 2.15. The summed E-state index contributed by atoms with van der Waals surface area (Å²) in [4.78, 5) is 0. The van der Waals surface area contributed by atoms with Crippen LogP contribution in [0.5, 0.6) is 0 Å². The van der Waals surface area contributed by atoms with E-state index in [0.29, 0.717) is 12.5 Å². The SMILES string of the molecule is COCC(O)CCc1ccc(C(C)C)cc1. The van der Waals surface area contributed by atoms with E-state index in [1.54, 1.807) is 7.11 Å². The molecule has 1 unspecified atom stereocenters. The summed E-state index contributed by atoms with van der Waals surface area (Å²) in [6, 6.07) is 8.63. The van der Waals surface area contributed by atoms with Crippen molar-refractivity contribution in [3.8, 4) is 0 Å². The van der Waals surface area contributed by atoms with E-state index in [9.17, 15) is 5.11 Å². The van der Waals surface area contributed by atoms with Gasteiger partial charge in [0.05, 0.1) is 12.7 Å². The van der Waals surface area contributed by atoms with Crippen LogP contribution in [0.3, 0.4) is 0 Å². The molecule has 1 aromatic rings. The van der Waals surface area contributed by atoms with Gasteiger partial charge in [-0.25, -0.2) is 0 Å². The zero-order valence-corrected chi connectivity index (χ0v) is 10.4. The fraction of sp³-hybridized carbons (Fsp3) is 0.571. The molecule has 16 heavy (non-hydrogen) atoms. The molecule has 0 heterocycles. The Hall–Kier alpha value is -0.860. The summed E-state index contributed by atoms with van der Waals surface area (Å²) in [7, 11) is 1.61. The van der Waals surface area contributed by atoms with Crippen molar-refractivity contribution in [3.63, 3.8) is 0 Å². The smallest absolute Gasteiger partial charge is 0.0776 e. The van der Waals surface area contributed by atoms with Crippen molar-refractivity contribution in [1.82, 2.24) is 0 Å². The summed E-state index contributed by atoms with van der Waals surface area (Å²) in [5.74, 6) is 0.577. The fourth-order valence-corrected chi connectivity index (χ4v) is 1.68. The molecule has 0 bridgehead atoms. The molecule has 1 rings (SSSR count). The molecule has 0 saturated carbocycles. The maximum absolute atomic E-state index is 9.53. The highest BCUT2D eigenvalue weighted by molar-refractivity contribution is 5.24. The Labute approximate surface area is 98.3 Å². The molecule has 0 aliphatic rings. The Morgan fingerprint density at radius 3 is 2.31 bits per heavy atom. The lowest BCUT2D eigenvalue weighted by atomic mass is 9.99. The van der Waals surface area contributed by atoms with Crippen LogP contribution in [0.25, 0.3) is 0 Å². The van der Waals surface area contributed by atoms with Gasteiger partial charge in [0.1, 0.15) is 0 Å². The second kappa shape index (κ2) is 6.66. The first-order chi connectivity index (χ1) is 7.63. The molecule has 1 aromatic carbocycles. The van der Waals surface area contributed by atoms with E-state index in [0.717, 1.165) is 12.8 Å². The lowest BCUT2D eigenvalue weighted by Gasteiger charge is -2.10. The molecule has 0 spiro atoms. The topological polar surface area (TPSA) is 29.5 Å². The maximum Gasteiger partial charge on any atom is 0.0776 e. The van der Waals surface area contributed by atoms with Gasteiger partial charge >= 0.3 is 0 Å². The fourth-order valence-electron chi connectivity index (χ4n) is 1.68. The van der Waals surface area contributed by atoms with Crippen LogP contribution in [0.4, 0.5) is 0 Å². The Balaban J connectivity index is 2.43. The molecular weight excluding hydrogens is 200 g/mol. The number of benzene rings is 1. The van der Waals surface area contributed by atoms with Crippen molar-refractivity contribution in [2.75, 3.05) is 13.7 Å². The quantitative estimate of drug-likeness (QED) is 0.802. The van der Waals surface area contributed by atoms with Crippen molar-refractivity contribution in [3.05, 3.63) is 35.4 Å². The van der Waals surface area contributed by atoms with Crippen LogP contribution in [-0.4, -0.2) is 24.9 Å². The Morgan fingerprint density at radius 1 is 1.19 bits per heavy atom. The first-order valence-corrected chi connectivity index (χ1v) is 5.89. The van der Waals surface area contributed by atoms with Crippen molar-refractivity contribution in [2.45, 2.75) is 38.7 Å². The number of aryl methyl sites for hydroxylation is 1. The number of methoxy groups -OCH3 is 1. The second-order valence-corrected chi connectivity index (χ2v) is 4.54. The minimum atomic E-state index is -0.352. The summed E-state index contributed by atoms with van der Waals surface area (Å²) in [5, 5.41) is 9.53. The van der Waals surface area contributed by atoms with Gasteiger partial charge in [0.25, 0.3) is 0 Å². The average molecular weight is 222 g/mol. The van der Waals surface area contributed by atoms with Crippen LogP contribution in [-0.2, 0) is 11.2 Å². The number of rotatable bonds is 6. The Morgan fingerprint density at radius 2 is 1.81 bits per heavy atom. The minimum Gasteiger partial charge on any atom is -0.391 e. The molecule has 0 aliphatic heterocycles. The predicted molar refractivity (Wildman–Crippen MR) is 66.7 cm³/mol. The second-order valence-electron chi connectivity index (χ2n) is 4.54. The molecule has 2 heteroatoms. The Bertz CT molecular complexity index is 290. The van der Waals surface area contributed by atoms with E-state index in [-0.39, 0.29) is 6.10 Å². The number of aliphatic hydroxyl groups excluding tert-OH is 1. The van der Waals surface area contributed by atoms with Gasteiger partial charge in [0.15, 0.2) is 0 Å². The van der Waals surface area contributed by atoms with Gasteiger partial charge in [-0.15, -0.1) is 0 Å². The van der Waals surface area contributed by atoms with Crippen LogP contribution >= 0.6 is 0 Å². The van der Waals surface area contributed by atoms with E-state index >= 15 is 0 Å². The molecule has 1 atom stereocenters. The first-order valence-electron chi connectivity index (χ1n) is 5.89. The number of ether oxygens (including phenoxy) is 1. The summed E-state index contributed by atoms with van der Waals surface area (Å²) in [6.45, 7) is 4.80. The third kappa shape index (κ3) is 4.33. The van der Waals surface area contributed by atoms with Crippen molar-refractivity contribution in [1.29, 1.82) is 0 Å². The van der Waals surface area contributed by atoms with Gasteiger partial charge in [-0.1, -0.05) is 38.1 Å². The van der Waals surface area contributed by atoms with Crippen LogP contribution in [0, 0.1) is 0 Å². The van der Waals surface area contributed by atoms with Crippen LogP contribution in [0.1, 0.15) is 37.3 Å². The van der Waals surface area contributed by atoms with E-state index in [1.165, 1.54) is 11.1 Å². The molecule has 1 N–H and O–H groups in total. The molecule has 90 valence electrons. The highest BCUT2D eigenvalue weighted by Gasteiger charge is 2.04. The first kappa shape index (κ1) is 13.2. The summed E-state index contributed by atoms with van der Waals surface area (Å²) in [6.07, 6.45) is 1.31. The monoisotopic (exact) mass is 222 g/mol. The highest BCUT2D eigenvalue weighted by atomic mass is 16.5. The van der Waals surface area contributed by atoms with Crippen molar-refractivity contribution in [2.24, 2.45) is 0 Å². The standard InChI is InChI=1S/C14H22O2/c1-11(2)13-7-4-12(5-8-13)6-9-14(15)10-16-3/h4-5,7-8,11,14-15H,6,9-10H2,1-3H3. The van der Waals surface area contributed by atoms with Crippen LogP contribution < -0.4 is 0 Å². The largest absolute Gasteiger partial charge is 0.391 e. The number of hydrogen-bond donors (Lipinski definition) is 1. The van der Waals surface area contributed by atoms with Crippen LogP contribution in [0.15, 0.2) is 24.3 Å². The van der Waals surface area contributed by atoms with E-state index in [4.69, 9.17) is 4.74 Å². The van der Waals surface area contributed by atoms with Gasteiger partial charge in [-0.3, -0.25) is 0 Å². The molecule has 0 fully saturated rings. The Kier molecular flexibility index (Phi) is 5.50. The molecule has 0 radical (unpaired) electrons. The van der Waals surface area contributed by atoms with E-state index in [2.05, 4.69) is 38.1 Å². The summed E-state index contributed by atoms with van der Waals surface area (Å²) >= 11 is 0. The van der Waals surface area contributed by atoms with E-state index < -0.39 is 0 Å². The molecule has 2 nitrogen and oxygen atoms in total. The van der Waals surface area contributed by atoms with Gasteiger partial charge in [-0.05, 0) is 29.9 Å². The average Bonchev–Trinajstić information content (AvgIpc) is 2.27. The van der Waals surface area contributed by atoms with Gasteiger partial charge in [0, 0.05) is 7.11 Å². The summed E-state index contributed by atoms with van der Waals surface area (Å²) in [5.41, 5.74) is 2.64. The third-order valence-electron chi connectivity index (χ3n) is 2.77. The van der Waals surface area contributed by atoms with Gasteiger partial charge < -0.3 is 9.84 Å². The predicted octanol–water partition coefficient (Wildman–Crippen LogP) is 2.75. The lowest BCUT2D eigenvalue weighted by Crippen LogP contribution is -2.14. The number of hydrogen-bond acceptors (Lipinski definition) is 2. The molecule has 0 amide bonds. The van der Waals surface area contributed by atoms with E-state index in [1.807, 2.05) is 0 Å². The zero-order valence-electron chi connectivity index (χ0n) is 10.4. The van der Waals surface area contributed by atoms with Crippen LogP contribution in [0.2, 0.25) is 0 Å². The molecule has 0 saturated heterocycles. The molecule has 0 aromatic heterocycles. The van der Waals surface area contributed by atoms with Gasteiger partial charge in [-0.2, -0.15) is 0 Å². The minimum absolute atomic E-state index is 0.352. The zero-order chi connectivity index (χ0) is 12.0. The van der Waals surface area contributed by atoms with Crippen molar-refractivity contribution < 1.29 is 9.84 Å². The van der Waals surface area contributed by atoms with Crippen molar-refractivity contribution >= 4 is 0 Å². The number of aliphatic hydroxyl groups is 1. The van der Waals surface area contributed by atoms with Gasteiger partial charge in [0.2, 0.25) is 0 Å². The molecular formula is C14H22O2. The molecule has 0 aliphatic carbocycles.